The Hall–Kier alpha value is -1.13. The summed E-state index contributed by atoms with van der Waals surface area (Å²) >= 11 is 0. The maximum absolute atomic E-state index is 11.6. The van der Waals surface area contributed by atoms with Gasteiger partial charge in [0.25, 0.3) is 5.56 Å². The second-order valence-electron chi connectivity index (χ2n) is 5.22. The second-order valence-corrected chi connectivity index (χ2v) is 5.22. The van der Waals surface area contributed by atoms with Gasteiger partial charge in [0.15, 0.2) is 0 Å². The summed E-state index contributed by atoms with van der Waals surface area (Å²) in [5, 5.41) is 3.50. The molecule has 1 N–H and O–H groups in total. The van der Waals surface area contributed by atoms with Crippen molar-refractivity contribution < 1.29 is 0 Å². The van der Waals surface area contributed by atoms with E-state index in [1.165, 1.54) is 6.42 Å². The molecule has 100 valence electrons. The largest absolute Gasteiger partial charge is 0.314 e. The van der Waals surface area contributed by atoms with Crippen LogP contribution in [0.1, 0.15) is 20.3 Å². The fraction of sp³-hybridized carbons (Fsp3) is 0.643. The first-order valence-electron chi connectivity index (χ1n) is 6.79. The molecule has 0 bridgehead atoms. The Labute approximate surface area is 109 Å². The van der Waals surface area contributed by atoms with Crippen LogP contribution in [0.15, 0.2) is 29.2 Å². The molecule has 2 heterocycles. The minimum Gasteiger partial charge on any atom is -0.314 e. The summed E-state index contributed by atoms with van der Waals surface area (Å²) in [4.78, 5) is 14.1. The van der Waals surface area contributed by atoms with E-state index < -0.39 is 0 Å². The molecule has 4 heteroatoms. The molecule has 1 aliphatic rings. The van der Waals surface area contributed by atoms with Crippen LogP contribution in [-0.4, -0.2) is 41.2 Å². The maximum atomic E-state index is 11.6. The van der Waals surface area contributed by atoms with Crippen LogP contribution < -0.4 is 10.9 Å². The van der Waals surface area contributed by atoms with E-state index in [-0.39, 0.29) is 5.56 Å². The van der Waals surface area contributed by atoms with E-state index in [0.717, 1.165) is 26.2 Å². The average Bonchev–Trinajstić information content (AvgIpc) is 2.50. The van der Waals surface area contributed by atoms with E-state index in [4.69, 9.17) is 0 Å². The van der Waals surface area contributed by atoms with Crippen molar-refractivity contribution in [2.45, 2.75) is 38.9 Å². The van der Waals surface area contributed by atoms with Gasteiger partial charge in [-0.3, -0.25) is 9.69 Å². The molecule has 0 saturated carbocycles. The summed E-state index contributed by atoms with van der Waals surface area (Å²) in [5.74, 6) is 0. The van der Waals surface area contributed by atoms with Gasteiger partial charge in [-0.05, 0) is 32.9 Å². The second kappa shape index (κ2) is 6.16. The zero-order valence-electron chi connectivity index (χ0n) is 11.3. The highest BCUT2D eigenvalue weighted by molar-refractivity contribution is 4.93. The van der Waals surface area contributed by atoms with E-state index in [9.17, 15) is 4.79 Å². The van der Waals surface area contributed by atoms with Crippen LogP contribution in [0.2, 0.25) is 0 Å². The summed E-state index contributed by atoms with van der Waals surface area (Å²) < 4.78 is 1.79. The first-order valence-corrected chi connectivity index (χ1v) is 6.79. The highest BCUT2D eigenvalue weighted by atomic mass is 16.1. The van der Waals surface area contributed by atoms with Gasteiger partial charge >= 0.3 is 0 Å². The van der Waals surface area contributed by atoms with Gasteiger partial charge in [0.2, 0.25) is 0 Å². The third-order valence-corrected chi connectivity index (χ3v) is 3.71. The molecule has 0 spiro atoms. The molecular formula is C14H23N3O. The van der Waals surface area contributed by atoms with E-state index >= 15 is 0 Å². The lowest BCUT2D eigenvalue weighted by Crippen LogP contribution is -2.41. The average molecular weight is 249 g/mol. The van der Waals surface area contributed by atoms with Crippen molar-refractivity contribution in [2.24, 2.45) is 0 Å². The number of hydrogen-bond donors (Lipinski definition) is 1. The number of hydrogen-bond acceptors (Lipinski definition) is 3. The molecule has 2 rings (SSSR count). The lowest BCUT2D eigenvalue weighted by molar-refractivity contribution is 0.199. The Balaban J connectivity index is 1.96. The van der Waals surface area contributed by atoms with Crippen LogP contribution in [0.5, 0.6) is 0 Å². The summed E-state index contributed by atoms with van der Waals surface area (Å²) in [6.45, 7) is 8.36. The van der Waals surface area contributed by atoms with Gasteiger partial charge in [-0.2, -0.15) is 0 Å². The SMILES string of the molecule is CC1CN(CCn2ccccc2=O)C(C)CCN1. The maximum Gasteiger partial charge on any atom is 0.250 e. The molecule has 0 radical (unpaired) electrons. The molecule has 1 aliphatic heterocycles. The molecule has 2 unspecified atom stereocenters. The molecule has 2 atom stereocenters. The summed E-state index contributed by atoms with van der Waals surface area (Å²) in [6, 6.07) is 6.44. The van der Waals surface area contributed by atoms with Crippen LogP contribution >= 0.6 is 0 Å². The summed E-state index contributed by atoms with van der Waals surface area (Å²) in [6.07, 6.45) is 3.04. The molecule has 1 aromatic heterocycles. The van der Waals surface area contributed by atoms with Crippen molar-refractivity contribution in [2.75, 3.05) is 19.6 Å². The van der Waals surface area contributed by atoms with Crippen LogP contribution in [0.4, 0.5) is 0 Å². The van der Waals surface area contributed by atoms with Gasteiger partial charge in [0, 0.05) is 44.0 Å². The predicted octanol–water partition coefficient (Wildman–Crippen LogP) is 0.921. The van der Waals surface area contributed by atoms with Crippen LogP contribution in [0.3, 0.4) is 0 Å². The zero-order valence-corrected chi connectivity index (χ0v) is 11.3. The Morgan fingerprint density at radius 1 is 1.33 bits per heavy atom. The predicted molar refractivity (Wildman–Crippen MR) is 73.8 cm³/mol. The number of nitrogens with zero attached hydrogens (tertiary/aromatic N) is 2. The van der Waals surface area contributed by atoms with Crippen molar-refractivity contribution in [3.63, 3.8) is 0 Å². The Morgan fingerprint density at radius 3 is 2.94 bits per heavy atom. The van der Waals surface area contributed by atoms with Crippen LogP contribution in [0.25, 0.3) is 0 Å². The van der Waals surface area contributed by atoms with Crippen LogP contribution in [-0.2, 0) is 6.54 Å². The van der Waals surface area contributed by atoms with Crippen molar-refractivity contribution in [3.8, 4) is 0 Å². The fourth-order valence-electron chi connectivity index (χ4n) is 2.51. The van der Waals surface area contributed by atoms with Crippen molar-refractivity contribution >= 4 is 0 Å². The summed E-state index contributed by atoms with van der Waals surface area (Å²) in [5.41, 5.74) is 0.0890. The Morgan fingerprint density at radius 2 is 2.17 bits per heavy atom. The van der Waals surface area contributed by atoms with E-state index in [0.29, 0.717) is 12.1 Å². The Kier molecular flexibility index (Phi) is 4.55. The highest BCUT2D eigenvalue weighted by Crippen LogP contribution is 2.08. The fourth-order valence-corrected chi connectivity index (χ4v) is 2.51. The molecular weight excluding hydrogens is 226 g/mol. The van der Waals surface area contributed by atoms with Crippen molar-refractivity contribution in [3.05, 3.63) is 34.7 Å². The molecule has 0 aliphatic carbocycles. The van der Waals surface area contributed by atoms with Gasteiger partial charge in [0.1, 0.15) is 0 Å². The third-order valence-electron chi connectivity index (χ3n) is 3.71. The first kappa shape index (κ1) is 13.3. The zero-order chi connectivity index (χ0) is 13.0. The molecule has 1 fully saturated rings. The molecule has 1 aromatic rings. The molecule has 0 aromatic carbocycles. The highest BCUT2D eigenvalue weighted by Gasteiger charge is 2.19. The molecule has 0 amide bonds. The first-order chi connectivity index (χ1) is 8.66. The van der Waals surface area contributed by atoms with E-state index in [1.54, 1.807) is 16.7 Å². The minimum atomic E-state index is 0.0890. The Bertz CT molecular complexity index is 429. The minimum absolute atomic E-state index is 0.0890. The quantitative estimate of drug-likeness (QED) is 0.865. The number of aromatic nitrogens is 1. The lowest BCUT2D eigenvalue weighted by Gasteiger charge is -2.28. The topological polar surface area (TPSA) is 37.3 Å². The van der Waals surface area contributed by atoms with Crippen molar-refractivity contribution in [1.29, 1.82) is 0 Å². The molecule has 1 saturated heterocycles. The number of nitrogens with one attached hydrogen (secondary N) is 1. The molecule has 18 heavy (non-hydrogen) atoms. The lowest BCUT2D eigenvalue weighted by atomic mass is 10.2. The van der Waals surface area contributed by atoms with Gasteiger partial charge < -0.3 is 9.88 Å². The normalized spacial score (nSPS) is 25.9. The molecule has 4 nitrogen and oxygen atoms in total. The van der Waals surface area contributed by atoms with Gasteiger partial charge in [-0.1, -0.05) is 6.07 Å². The number of pyridine rings is 1. The monoisotopic (exact) mass is 249 g/mol. The van der Waals surface area contributed by atoms with Gasteiger partial charge in [-0.15, -0.1) is 0 Å². The third kappa shape index (κ3) is 3.43. The van der Waals surface area contributed by atoms with Gasteiger partial charge in [-0.25, -0.2) is 0 Å². The van der Waals surface area contributed by atoms with E-state index in [1.807, 2.05) is 12.3 Å². The number of rotatable bonds is 3. The van der Waals surface area contributed by atoms with Gasteiger partial charge in [0.05, 0.1) is 0 Å². The van der Waals surface area contributed by atoms with Crippen molar-refractivity contribution in [1.82, 2.24) is 14.8 Å². The standard InChI is InChI=1S/C14H23N3O/c1-12-11-17(13(2)6-7-15-12)10-9-16-8-4-3-5-14(16)18/h3-5,8,12-13,15H,6-7,9-11H2,1-2H3. The smallest absolute Gasteiger partial charge is 0.250 e. The van der Waals surface area contributed by atoms with E-state index in [2.05, 4.69) is 24.1 Å². The summed E-state index contributed by atoms with van der Waals surface area (Å²) in [7, 11) is 0. The van der Waals surface area contributed by atoms with Crippen LogP contribution in [0, 0.1) is 0 Å².